The van der Waals surface area contributed by atoms with Crippen molar-refractivity contribution in [2.45, 2.75) is 25.4 Å². The lowest BCUT2D eigenvalue weighted by molar-refractivity contribution is -0.348. The van der Waals surface area contributed by atoms with E-state index >= 15 is 0 Å². The molecule has 0 aromatic carbocycles. The van der Waals surface area contributed by atoms with Crippen LogP contribution < -0.4 is 0 Å². The summed E-state index contributed by atoms with van der Waals surface area (Å²) in [4.78, 5) is 5.69. The highest BCUT2D eigenvalue weighted by molar-refractivity contribution is 5.08. The molecule has 1 fully saturated rings. The largest absolute Gasteiger partial charge is 0.353 e. The van der Waals surface area contributed by atoms with Crippen LogP contribution in [0.3, 0.4) is 0 Å². The Balaban J connectivity index is 3.33. The van der Waals surface area contributed by atoms with Gasteiger partial charge in [-0.25, -0.2) is 0 Å². The Morgan fingerprint density at radius 3 is 1.25 bits per heavy atom. The first-order valence-corrected chi connectivity index (χ1v) is 7.61. The van der Waals surface area contributed by atoms with E-state index in [1.54, 1.807) is 28.4 Å². The molecular formula is C14H26N6O4. The summed E-state index contributed by atoms with van der Waals surface area (Å²) in [5.41, 5.74) is 17.4. The van der Waals surface area contributed by atoms with Crippen LogP contribution in [-0.2, 0) is 18.9 Å². The highest BCUT2D eigenvalue weighted by Crippen LogP contribution is 2.57. The molecule has 0 bridgehead atoms. The smallest absolute Gasteiger partial charge is 0.168 e. The maximum absolute atomic E-state index is 8.68. The quantitative estimate of drug-likeness (QED) is 0.261. The van der Waals surface area contributed by atoms with Gasteiger partial charge in [-0.1, -0.05) is 10.2 Å². The minimum Gasteiger partial charge on any atom is -0.353 e. The molecule has 1 aliphatic carbocycles. The van der Waals surface area contributed by atoms with Gasteiger partial charge in [0.15, 0.2) is 11.6 Å². The van der Waals surface area contributed by atoms with Crippen LogP contribution in [0.1, 0.15) is 13.8 Å². The Labute approximate surface area is 141 Å². The first kappa shape index (κ1) is 20.5. The first-order valence-electron chi connectivity index (χ1n) is 7.61. The van der Waals surface area contributed by atoms with Gasteiger partial charge in [0.1, 0.15) is 0 Å². The van der Waals surface area contributed by atoms with Crippen molar-refractivity contribution >= 4 is 0 Å². The average molecular weight is 342 g/mol. The van der Waals surface area contributed by atoms with Crippen LogP contribution in [0.25, 0.3) is 20.9 Å². The van der Waals surface area contributed by atoms with Crippen molar-refractivity contribution < 1.29 is 18.9 Å². The molecule has 136 valence electrons. The molecule has 0 radical (unpaired) electrons. The molecule has 10 nitrogen and oxygen atoms in total. The van der Waals surface area contributed by atoms with Crippen LogP contribution in [0.5, 0.6) is 0 Å². The number of nitrogens with zero attached hydrogens (tertiary/aromatic N) is 6. The average Bonchev–Trinajstić information content (AvgIpc) is 2.60. The molecule has 1 aliphatic rings. The number of azide groups is 2. The molecule has 1 saturated carbocycles. The van der Waals surface area contributed by atoms with E-state index in [1.807, 2.05) is 13.8 Å². The highest BCUT2D eigenvalue weighted by atomic mass is 16.7. The van der Waals surface area contributed by atoms with E-state index in [9.17, 15) is 0 Å². The zero-order valence-electron chi connectivity index (χ0n) is 15.0. The van der Waals surface area contributed by atoms with Gasteiger partial charge in [0, 0.05) is 63.2 Å². The summed E-state index contributed by atoms with van der Waals surface area (Å²) in [6.45, 7) is 4.14. The normalized spacial score (nSPS) is 26.9. The predicted octanol–water partition coefficient (Wildman–Crippen LogP) is 3.10. The van der Waals surface area contributed by atoms with Crippen LogP contribution in [0.15, 0.2) is 10.2 Å². The van der Waals surface area contributed by atoms with Crippen molar-refractivity contribution in [2.75, 3.05) is 41.5 Å². The van der Waals surface area contributed by atoms with E-state index in [-0.39, 0.29) is 36.8 Å². The third-order valence-corrected chi connectivity index (χ3v) is 5.40. The van der Waals surface area contributed by atoms with E-state index in [2.05, 4.69) is 20.1 Å². The molecule has 10 heteroatoms. The first-order chi connectivity index (χ1) is 11.4. The molecule has 0 unspecified atom stereocenters. The summed E-state index contributed by atoms with van der Waals surface area (Å²) in [7, 11) is 6.23. The molecule has 0 aliphatic heterocycles. The molecular weight excluding hydrogens is 316 g/mol. The second-order valence-electron chi connectivity index (χ2n) is 6.05. The van der Waals surface area contributed by atoms with Gasteiger partial charge in [-0.2, -0.15) is 0 Å². The minimum absolute atomic E-state index is 0.0917. The fourth-order valence-electron chi connectivity index (χ4n) is 3.82. The number of rotatable bonds is 10. The SMILES string of the molecule is COC(C)(OC)[C@H]1[C@H](CN=[N+]=[N-])[C@@H](CN=[N+]=[N-])[C@@H]1C(C)(OC)OC. The molecule has 0 N–H and O–H groups in total. The van der Waals surface area contributed by atoms with Gasteiger partial charge >= 0.3 is 0 Å². The minimum atomic E-state index is -0.925. The second-order valence-corrected chi connectivity index (χ2v) is 6.05. The predicted molar refractivity (Wildman–Crippen MR) is 86.8 cm³/mol. The van der Waals surface area contributed by atoms with Crippen molar-refractivity contribution in [3.63, 3.8) is 0 Å². The van der Waals surface area contributed by atoms with Gasteiger partial charge in [-0.3, -0.25) is 0 Å². The highest BCUT2D eigenvalue weighted by Gasteiger charge is 2.64. The molecule has 0 aromatic heterocycles. The zero-order chi connectivity index (χ0) is 18.4. The fourth-order valence-corrected chi connectivity index (χ4v) is 3.82. The summed E-state index contributed by atoms with van der Waals surface area (Å²) in [5, 5.41) is 7.41. The van der Waals surface area contributed by atoms with Crippen molar-refractivity contribution in [3.8, 4) is 0 Å². The Bertz CT molecular complexity index is 463. The van der Waals surface area contributed by atoms with Crippen molar-refractivity contribution in [1.29, 1.82) is 0 Å². The van der Waals surface area contributed by atoms with Crippen LogP contribution in [0, 0.1) is 23.7 Å². The third kappa shape index (κ3) is 3.59. The van der Waals surface area contributed by atoms with Crippen LogP contribution in [0.4, 0.5) is 0 Å². The Morgan fingerprint density at radius 2 is 1.04 bits per heavy atom. The summed E-state index contributed by atoms with van der Waals surface area (Å²) in [5.74, 6) is -2.39. The summed E-state index contributed by atoms with van der Waals surface area (Å²) in [6, 6.07) is 0. The number of hydrogen-bond acceptors (Lipinski definition) is 6. The maximum Gasteiger partial charge on any atom is 0.168 e. The maximum atomic E-state index is 8.68. The zero-order valence-corrected chi connectivity index (χ0v) is 15.0. The van der Waals surface area contributed by atoms with E-state index in [4.69, 9.17) is 30.0 Å². The number of ether oxygens (including phenoxy) is 4. The lowest BCUT2D eigenvalue weighted by atomic mass is 9.51. The van der Waals surface area contributed by atoms with Gasteiger partial charge in [0.05, 0.1) is 0 Å². The lowest BCUT2D eigenvalue weighted by Crippen LogP contribution is -2.67. The third-order valence-electron chi connectivity index (χ3n) is 5.40. The summed E-state index contributed by atoms with van der Waals surface area (Å²) >= 11 is 0. The molecule has 24 heavy (non-hydrogen) atoms. The molecule has 4 atom stereocenters. The van der Waals surface area contributed by atoms with Gasteiger partial charge in [0.2, 0.25) is 0 Å². The van der Waals surface area contributed by atoms with Crippen molar-refractivity contribution in [3.05, 3.63) is 20.9 Å². The van der Waals surface area contributed by atoms with Crippen molar-refractivity contribution in [2.24, 2.45) is 33.9 Å². The second kappa shape index (κ2) is 8.53. The topological polar surface area (TPSA) is 134 Å². The fraction of sp³-hybridized carbons (Fsp3) is 1.00. The van der Waals surface area contributed by atoms with Crippen LogP contribution >= 0.6 is 0 Å². The number of hydrogen-bond donors (Lipinski definition) is 0. The molecule has 0 spiro atoms. The Morgan fingerprint density at radius 1 is 0.750 bits per heavy atom. The summed E-state index contributed by atoms with van der Waals surface area (Å²) < 4.78 is 22.4. The molecule has 0 saturated heterocycles. The van der Waals surface area contributed by atoms with Crippen LogP contribution in [-0.4, -0.2) is 53.1 Å². The molecule has 0 heterocycles. The van der Waals surface area contributed by atoms with Gasteiger partial charge in [-0.15, -0.1) is 0 Å². The Kier molecular flexibility index (Phi) is 7.28. The lowest BCUT2D eigenvalue weighted by Gasteiger charge is -2.61. The van der Waals surface area contributed by atoms with Gasteiger partial charge < -0.3 is 18.9 Å². The Hall–Kier alpha value is -1.54. The van der Waals surface area contributed by atoms with Gasteiger partial charge in [0.25, 0.3) is 0 Å². The van der Waals surface area contributed by atoms with E-state index in [0.29, 0.717) is 0 Å². The molecule has 0 amide bonds. The van der Waals surface area contributed by atoms with E-state index in [0.717, 1.165) is 0 Å². The van der Waals surface area contributed by atoms with Crippen molar-refractivity contribution in [1.82, 2.24) is 0 Å². The molecule has 1 rings (SSSR count). The summed E-state index contributed by atoms with van der Waals surface area (Å²) in [6.07, 6.45) is 0. The molecule has 0 aromatic rings. The van der Waals surface area contributed by atoms with E-state index in [1.165, 1.54) is 0 Å². The number of methoxy groups -OCH3 is 4. The standard InChI is InChI=1S/C14H26N6O4/c1-13(21-3,22-4)11-9(7-17-19-15)10(8-18-20-16)12(11)14(2,23-5)24-6/h9-12H,7-8H2,1-6H3/t9-,10-,11+,12+/m1/s1. The monoisotopic (exact) mass is 342 g/mol. The van der Waals surface area contributed by atoms with Crippen LogP contribution in [0.2, 0.25) is 0 Å². The van der Waals surface area contributed by atoms with Gasteiger partial charge in [-0.05, 0) is 36.7 Å². The van der Waals surface area contributed by atoms with E-state index < -0.39 is 11.6 Å².